The van der Waals surface area contributed by atoms with Crippen LogP contribution in [0.4, 0.5) is 0 Å². The molecule has 0 aliphatic carbocycles. The van der Waals surface area contributed by atoms with Crippen LogP contribution in [0.1, 0.15) is 155 Å². The number of rotatable bonds is 25. The van der Waals surface area contributed by atoms with Gasteiger partial charge in [0.1, 0.15) is 6.10 Å². The largest absolute Gasteiger partial charge is 0.481 e. The third-order valence-electron chi connectivity index (χ3n) is 6.24. The number of carboxylic acid groups (broad SMARTS) is 1. The van der Waals surface area contributed by atoms with Gasteiger partial charge in [-0.3, -0.25) is 9.59 Å². The van der Waals surface area contributed by atoms with E-state index in [9.17, 15) is 9.59 Å². The lowest BCUT2D eigenvalue weighted by Crippen LogP contribution is -2.18. The first-order valence-electron chi connectivity index (χ1n) is 14.2. The number of esters is 1. The molecule has 0 heterocycles. The molecule has 0 aliphatic rings. The fraction of sp³-hybridized carbons (Fsp3) is 0.862. The van der Waals surface area contributed by atoms with E-state index in [-0.39, 0.29) is 18.5 Å². The van der Waals surface area contributed by atoms with E-state index in [4.69, 9.17) is 9.84 Å². The van der Waals surface area contributed by atoms with Crippen LogP contribution in [-0.4, -0.2) is 23.1 Å². The van der Waals surface area contributed by atoms with Gasteiger partial charge in [0.05, 0.1) is 0 Å². The van der Waals surface area contributed by atoms with Crippen LogP contribution in [0.3, 0.4) is 0 Å². The summed E-state index contributed by atoms with van der Waals surface area (Å²) in [6.07, 6.45) is 27.8. The molecule has 0 spiro atoms. The SMILES string of the molecule is CCCC/C=C\CCCCCCCC(=O)OC(CCCCCCCCCC)CCCC(=O)O. The van der Waals surface area contributed by atoms with E-state index < -0.39 is 5.97 Å². The number of ether oxygens (including phenoxy) is 1. The Kier molecular flexibility index (Phi) is 24.3. The van der Waals surface area contributed by atoms with Gasteiger partial charge in [-0.1, -0.05) is 103 Å². The molecule has 4 heteroatoms. The molecule has 0 aromatic rings. The second-order valence-electron chi connectivity index (χ2n) is 9.58. The van der Waals surface area contributed by atoms with Gasteiger partial charge in [-0.15, -0.1) is 0 Å². The Hall–Kier alpha value is -1.32. The standard InChI is InChI=1S/C29H54O4/c1-3-5-7-9-11-13-14-15-17-19-21-26-29(32)33-27(24-22-25-28(30)31)23-20-18-16-12-10-8-6-4-2/h9,11,27H,3-8,10,12-26H2,1-2H3,(H,30,31)/b11-9-. The number of hydrogen-bond donors (Lipinski definition) is 1. The number of carbonyl (C=O) groups excluding carboxylic acids is 1. The number of unbranched alkanes of at least 4 members (excludes halogenated alkanes) is 14. The van der Waals surface area contributed by atoms with Crippen LogP contribution in [0.5, 0.6) is 0 Å². The maximum absolute atomic E-state index is 12.3. The smallest absolute Gasteiger partial charge is 0.306 e. The van der Waals surface area contributed by atoms with Crippen LogP contribution in [-0.2, 0) is 14.3 Å². The van der Waals surface area contributed by atoms with Crippen molar-refractivity contribution in [1.82, 2.24) is 0 Å². The van der Waals surface area contributed by atoms with Crippen LogP contribution < -0.4 is 0 Å². The number of carbonyl (C=O) groups is 2. The molecule has 0 aliphatic heterocycles. The molecule has 0 amide bonds. The van der Waals surface area contributed by atoms with E-state index in [1.807, 2.05) is 0 Å². The average molecular weight is 467 g/mol. The Balaban J connectivity index is 3.91. The summed E-state index contributed by atoms with van der Waals surface area (Å²) in [5.41, 5.74) is 0. The van der Waals surface area contributed by atoms with Gasteiger partial charge in [0, 0.05) is 12.8 Å². The molecule has 4 nitrogen and oxygen atoms in total. The van der Waals surface area contributed by atoms with Crippen LogP contribution in [0.25, 0.3) is 0 Å². The van der Waals surface area contributed by atoms with Crippen LogP contribution in [0.2, 0.25) is 0 Å². The molecular formula is C29H54O4. The van der Waals surface area contributed by atoms with E-state index in [0.717, 1.165) is 25.7 Å². The van der Waals surface area contributed by atoms with E-state index in [2.05, 4.69) is 26.0 Å². The predicted molar refractivity (Wildman–Crippen MR) is 140 cm³/mol. The minimum atomic E-state index is -0.774. The number of aliphatic carboxylic acids is 1. The summed E-state index contributed by atoms with van der Waals surface area (Å²) in [4.78, 5) is 23.1. The summed E-state index contributed by atoms with van der Waals surface area (Å²) < 4.78 is 5.74. The van der Waals surface area contributed by atoms with Gasteiger partial charge in [0.25, 0.3) is 0 Å². The maximum Gasteiger partial charge on any atom is 0.306 e. The van der Waals surface area contributed by atoms with Crippen molar-refractivity contribution in [2.24, 2.45) is 0 Å². The van der Waals surface area contributed by atoms with Gasteiger partial charge in [0.2, 0.25) is 0 Å². The van der Waals surface area contributed by atoms with Crippen molar-refractivity contribution in [1.29, 1.82) is 0 Å². The average Bonchev–Trinajstić information content (AvgIpc) is 2.78. The number of hydrogen-bond acceptors (Lipinski definition) is 3. The first kappa shape index (κ1) is 31.7. The van der Waals surface area contributed by atoms with Gasteiger partial charge in [0.15, 0.2) is 0 Å². The van der Waals surface area contributed by atoms with E-state index in [0.29, 0.717) is 19.3 Å². The molecule has 1 atom stereocenters. The number of allylic oxidation sites excluding steroid dienone is 2. The molecular weight excluding hydrogens is 412 g/mol. The van der Waals surface area contributed by atoms with E-state index in [1.165, 1.54) is 89.9 Å². The van der Waals surface area contributed by atoms with Gasteiger partial charge in [-0.25, -0.2) is 0 Å². The second kappa shape index (κ2) is 25.3. The molecule has 0 bridgehead atoms. The summed E-state index contributed by atoms with van der Waals surface area (Å²) in [5, 5.41) is 8.90. The van der Waals surface area contributed by atoms with Gasteiger partial charge >= 0.3 is 11.9 Å². The Morgan fingerprint density at radius 3 is 1.79 bits per heavy atom. The van der Waals surface area contributed by atoms with Crippen molar-refractivity contribution in [3.63, 3.8) is 0 Å². The maximum atomic E-state index is 12.3. The molecule has 0 radical (unpaired) electrons. The molecule has 33 heavy (non-hydrogen) atoms. The number of carboxylic acids is 1. The summed E-state index contributed by atoms with van der Waals surface area (Å²) in [5.74, 6) is -0.877. The highest BCUT2D eigenvalue weighted by Crippen LogP contribution is 2.17. The molecule has 1 N–H and O–H groups in total. The minimum Gasteiger partial charge on any atom is -0.481 e. The summed E-state index contributed by atoms with van der Waals surface area (Å²) in [6.45, 7) is 4.46. The zero-order chi connectivity index (χ0) is 24.4. The second-order valence-corrected chi connectivity index (χ2v) is 9.58. The zero-order valence-corrected chi connectivity index (χ0v) is 22.0. The lowest BCUT2D eigenvalue weighted by molar-refractivity contribution is -0.150. The first-order valence-corrected chi connectivity index (χ1v) is 14.2. The lowest BCUT2D eigenvalue weighted by atomic mass is 10.0. The third-order valence-corrected chi connectivity index (χ3v) is 6.24. The molecule has 0 rings (SSSR count). The summed E-state index contributed by atoms with van der Waals surface area (Å²) in [7, 11) is 0. The Morgan fingerprint density at radius 1 is 0.636 bits per heavy atom. The minimum absolute atomic E-state index is 0.103. The highest BCUT2D eigenvalue weighted by Gasteiger charge is 2.15. The Bertz CT molecular complexity index is 472. The summed E-state index contributed by atoms with van der Waals surface area (Å²) >= 11 is 0. The molecule has 0 fully saturated rings. The lowest BCUT2D eigenvalue weighted by Gasteiger charge is -2.18. The van der Waals surface area contributed by atoms with Crippen molar-refractivity contribution in [2.45, 2.75) is 161 Å². The first-order chi connectivity index (χ1) is 16.1. The van der Waals surface area contributed by atoms with Crippen LogP contribution in [0, 0.1) is 0 Å². The monoisotopic (exact) mass is 466 g/mol. The molecule has 0 saturated heterocycles. The fourth-order valence-electron chi connectivity index (χ4n) is 4.11. The van der Waals surface area contributed by atoms with Gasteiger partial charge in [-0.05, 0) is 51.4 Å². The van der Waals surface area contributed by atoms with E-state index in [1.54, 1.807) is 0 Å². The van der Waals surface area contributed by atoms with E-state index >= 15 is 0 Å². The van der Waals surface area contributed by atoms with Crippen molar-refractivity contribution in [3.05, 3.63) is 12.2 Å². The van der Waals surface area contributed by atoms with Crippen LogP contribution in [0.15, 0.2) is 12.2 Å². The van der Waals surface area contributed by atoms with Gasteiger partial charge in [-0.2, -0.15) is 0 Å². The normalized spacial score (nSPS) is 12.3. The molecule has 0 aromatic carbocycles. The Labute approximate surface area is 204 Å². The van der Waals surface area contributed by atoms with Crippen molar-refractivity contribution >= 4 is 11.9 Å². The fourth-order valence-corrected chi connectivity index (χ4v) is 4.11. The molecule has 194 valence electrons. The Morgan fingerprint density at radius 2 is 1.15 bits per heavy atom. The molecule has 0 aromatic heterocycles. The highest BCUT2D eigenvalue weighted by atomic mass is 16.5. The topological polar surface area (TPSA) is 63.6 Å². The summed E-state index contributed by atoms with van der Waals surface area (Å²) in [6, 6.07) is 0. The predicted octanol–water partition coefficient (Wildman–Crippen LogP) is 9.16. The van der Waals surface area contributed by atoms with Crippen molar-refractivity contribution in [2.75, 3.05) is 0 Å². The highest BCUT2D eigenvalue weighted by molar-refractivity contribution is 5.69. The third kappa shape index (κ3) is 25.1. The quantitative estimate of drug-likeness (QED) is 0.0827. The van der Waals surface area contributed by atoms with Gasteiger partial charge < -0.3 is 9.84 Å². The molecule has 0 saturated carbocycles. The van der Waals surface area contributed by atoms with Crippen molar-refractivity contribution < 1.29 is 19.4 Å². The van der Waals surface area contributed by atoms with Crippen LogP contribution >= 0.6 is 0 Å². The zero-order valence-electron chi connectivity index (χ0n) is 22.0. The van der Waals surface area contributed by atoms with Crippen molar-refractivity contribution in [3.8, 4) is 0 Å². The molecule has 1 unspecified atom stereocenters.